The molecule has 0 fully saturated rings. The van der Waals surface area contributed by atoms with Crippen LogP contribution >= 0.6 is 11.6 Å². The minimum Gasteiger partial charge on any atom is -0.493 e. The molecule has 19 heavy (non-hydrogen) atoms. The van der Waals surface area contributed by atoms with Gasteiger partial charge in [0, 0.05) is 18.1 Å². The second-order valence-electron chi connectivity index (χ2n) is 3.96. The Bertz CT molecular complexity index is 570. The SMILES string of the molecule is O=C(CCOc1ccc(Cl)c(F)c1)c1ccccc1. The second kappa shape index (κ2) is 6.34. The van der Waals surface area contributed by atoms with Gasteiger partial charge in [0.1, 0.15) is 11.6 Å². The van der Waals surface area contributed by atoms with Crippen LogP contribution in [0.5, 0.6) is 5.75 Å². The van der Waals surface area contributed by atoms with Crippen molar-refractivity contribution in [1.82, 2.24) is 0 Å². The van der Waals surface area contributed by atoms with Gasteiger partial charge in [-0.15, -0.1) is 0 Å². The molecule has 0 unspecified atom stereocenters. The lowest BCUT2D eigenvalue weighted by molar-refractivity contribution is 0.0962. The number of ether oxygens (including phenoxy) is 1. The van der Waals surface area contributed by atoms with Crippen molar-refractivity contribution in [3.63, 3.8) is 0 Å². The normalized spacial score (nSPS) is 10.2. The van der Waals surface area contributed by atoms with E-state index in [1.54, 1.807) is 18.2 Å². The molecule has 4 heteroatoms. The quantitative estimate of drug-likeness (QED) is 0.769. The second-order valence-corrected chi connectivity index (χ2v) is 4.37. The van der Waals surface area contributed by atoms with Gasteiger partial charge in [0.05, 0.1) is 11.6 Å². The van der Waals surface area contributed by atoms with Crippen molar-refractivity contribution in [2.75, 3.05) is 6.61 Å². The molecule has 0 N–H and O–H groups in total. The Morgan fingerprint density at radius 1 is 1.16 bits per heavy atom. The first kappa shape index (κ1) is 13.6. The minimum atomic E-state index is -0.534. The number of rotatable bonds is 5. The highest BCUT2D eigenvalue weighted by Crippen LogP contribution is 2.20. The Balaban J connectivity index is 1.87. The molecule has 2 aromatic carbocycles. The summed E-state index contributed by atoms with van der Waals surface area (Å²) in [6.07, 6.45) is 0.244. The Morgan fingerprint density at radius 2 is 1.89 bits per heavy atom. The number of halogens is 2. The zero-order chi connectivity index (χ0) is 13.7. The predicted octanol–water partition coefficient (Wildman–Crippen LogP) is 4.13. The molecule has 2 rings (SSSR count). The summed E-state index contributed by atoms with van der Waals surface area (Å²) in [5.74, 6) is -0.175. The van der Waals surface area contributed by atoms with Gasteiger partial charge in [-0.2, -0.15) is 0 Å². The Labute approximate surface area is 115 Å². The van der Waals surface area contributed by atoms with E-state index in [1.807, 2.05) is 18.2 Å². The van der Waals surface area contributed by atoms with Crippen LogP contribution in [-0.2, 0) is 0 Å². The van der Waals surface area contributed by atoms with Gasteiger partial charge in [0.15, 0.2) is 5.78 Å². The number of benzene rings is 2. The molecule has 0 atom stereocenters. The Hall–Kier alpha value is -1.87. The highest BCUT2D eigenvalue weighted by Gasteiger charge is 2.06. The number of Topliss-reactive ketones (excluding diaryl/α,β-unsaturated/α-hetero) is 1. The van der Waals surface area contributed by atoms with E-state index in [4.69, 9.17) is 16.3 Å². The predicted molar refractivity (Wildman–Crippen MR) is 72.3 cm³/mol. The van der Waals surface area contributed by atoms with Gasteiger partial charge in [-0.25, -0.2) is 4.39 Å². The zero-order valence-electron chi connectivity index (χ0n) is 10.1. The van der Waals surface area contributed by atoms with E-state index in [0.717, 1.165) is 0 Å². The van der Waals surface area contributed by atoms with Gasteiger partial charge in [-0.05, 0) is 12.1 Å². The van der Waals surface area contributed by atoms with Crippen molar-refractivity contribution in [3.8, 4) is 5.75 Å². The molecule has 0 aliphatic heterocycles. The highest BCUT2D eigenvalue weighted by molar-refractivity contribution is 6.30. The molecule has 0 aliphatic carbocycles. The van der Waals surface area contributed by atoms with Crippen molar-refractivity contribution < 1.29 is 13.9 Å². The van der Waals surface area contributed by atoms with Crippen molar-refractivity contribution >= 4 is 17.4 Å². The van der Waals surface area contributed by atoms with E-state index in [-0.39, 0.29) is 23.8 Å². The van der Waals surface area contributed by atoms with Gasteiger partial charge in [-0.3, -0.25) is 4.79 Å². The summed E-state index contributed by atoms with van der Waals surface area (Å²) in [5, 5.41) is 0.0488. The van der Waals surface area contributed by atoms with Crippen LogP contribution in [0.2, 0.25) is 5.02 Å². The molecule has 0 heterocycles. The highest BCUT2D eigenvalue weighted by atomic mass is 35.5. The number of carbonyl (C=O) groups is 1. The van der Waals surface area contributed by atoms with Gasteiger partial charge in [0.2, 0.25) is 0 Å². The summed E-state index contributed by atoms with van der Waals surface area (Å²) in [7, 11) is 0. The van der Waals surface area contributed by atoms with E-state index in [2.05, 4.69) is 0 Å². The number of carbonyl (C=O) groups excluding carboxylic acids is 1. The molecule has 0 aliphatic rings. The maximum atomic E-state index is 13.2. The molecule has 2 aromatic rings. The van der Waals surface area contributed by atoms with E-state index in [9.17, 15) is 9.18 Å². The maximum absolute atomic E-state index is 13.2. The molecule has 0 saturated carbocycles. The van der Waals surface area contributed by atoms with Crippen LogP contribution in [0.25, 0.3) is 0 Å². The molecule has 0 saturated heterocycles. The topological polar surface area (TPSA) is 26.3 Å². The third-order valence-electron chi connectivity index (χ3n) is 2.58. The van der Waals surface area contributed by atoms with Crippen molar-refractivity contribution in [2.45, 2.75) is 6.42 Å². The first-order valence-electron chi connectivity index (χ1n) is 5.83. The summed E-state index contributed by atoms with van der Waals surface area (Å²) in [5.41, 5.74) is 0.647. The lowest BCUT2D eigenvalue weighted by Gasteiger charge is -2.06. The van der Waals surface area contributed by atoms with Crippen LogP contribution in [0.3, 0.4) is 0 Å². The maximum Gasteiger partial charge on any atom is 0.166 e. The molecule has 0 radical (unpaired) electrons. The van der Waals surface area contributed by atoms with Crippen LogP contribution in [0, 0.1) is 5.82 Å². The van der Waals surface area contributed by atoms with Crippen molar-refractivity contribution in [1.29, 1.82) is 0 Å². The average molecular weight is 279 g/mol. The third-order valence-corrected chi connectivity index (χ3v) is 2.89. The number of hydrogen-bond acceptors (Lipinski definition) is 2. The molecule has 2 nitrogen and oxygen atoms in total. The van der Waals surface area contributed by atoms with Crippen molar-refractivity contribution in [2.24, 2.45) is 0 Å². The molecule has 98 valence electrons. The lowest BCUT2D eigenvalue weighted by atomic mass is 10.1. The van der Waals surface area contributed by atoms with E-state index in [1.165, 1.54) is 12.1 Å². The molecule has 0 aromatic heterocycles. The van der Waals surface area contributed by atoms with E-state index in [0.29, 0.717) is 11.3 Å². The first-order valence-corrected chi connectivity index (χ1v) is 6.21. The summed E-state index contributed by atoms with van der Waals surface area (Å²) in [6, 6.07) is 13.2. The standard InChI is InChI=1S/C15H12ClFO2/c16-13-7-6-12(10-14(13)17)19-9-8-15(18)11-4-2-1-3-5-11/h1-7,10H,8-9H2. The fourth-order valence-electron chi connectivity index (χ4n) is 1.60. The Kier molecular flexibility index (Phi) is 4.53. The summed E-state index contributed by atoms with van der Waals surface area (Å²) < 4.78 is 18.5. The number of ketones is 1. The smallest absolute Gasteiger partial charge is 0.166 e. The van der Waals surface area contributed by atoms with Gasteiger partial charge in [0.25, 0.3) is 0 Å². The minimum absolute atomic E-state index is 0.00460. The van der Waals surface area contributed by atoms with Crippen LogP contribution in [-0.4, -0.2) is 12.4 Å². The van der Waals surface area contributed by atoms with E-state index < -0.39 is 5.82 Å². The third kappa shape index (κ3) is 3.80. The Morgan fingerprint density at radius 3 is 2.58 bits per heavy atom. The molecular weight excluding hydrogens is 267 g/mol. The van der Waals surface area contributed by atoms with Gasteiger partial charge < -0.3 is 4.74 Å². The molecular formula is C15H12ClFO2. The largest absolute Gasteiger partial charge is 0.493 e. The molecule has 0 bridgehead atoms. The summed E-state index contributed by atoms with van der Waals surface area (Å²) >= 11 is 5.56. The van der Waals surface area contributed by atoms with Crippen LogP contribution in [0.1, 0.15) is 16.8 Å². The van der Waals surface area contributed by atoms with Crippen LogP contribution in [0.4, 0.5) is 4.39 Å². The molecule has 0 amide bonds. The average Bonchev–Trinajstić information content (AvgIpc) is 2.43. The molecule has 0 spiro atoms. The monoisotopic (exact) mass is 278 g/mol. The van der Waals surface area contributed by atoms with E-state index >= 15 is 0 Å². The summed E-state index contributed by atoms with van der Waals surface area (Å²) in [6.45, 7) is 0.203. The lowest BCUT2D eigenvalue weighted by Crippen LogP contribution is -2.06. The van der Waals surface area contributed by atoms with Crippen LogP contribution < -0.4 is 4.74 Å². The number of hydrogen-bond donors (Lipinski definition) is 0. The zero-order valence-corrected chi connectivity index (χ0v) is 10.9. The fourth-order valence-corrected chi connectivity index (χ4v) is 1.71. The fraction of sp³-hybridized carbons (Fsp3) is 0.133. The first-order chi connectivity index (χ1) is 9.16. The van der Waals surface area contributed by atoms with Crippen LogP contribution in [0.15, 0.2) is 48.5 Å². The summed E-state index contributed by atoms with van der Waals surface area (Å²) in [4.78, 5) is 11.8. The van der Waals surface area contributed by atoms with Gasteiger partial charge >= 0.3 is 0 Å². The van der Waals surface area contributed by atoms with Crippen molar-refractivity contribution in [3.05, 3.63) is 64.9 Å². The van der Waals surface area contributed by atoms with Gasteiger partial charge in [-0.1, -0.05) is 41.9 Å².